The van der Waals surface area contributed by atoms with Crippen molar-refractivity contribution in [3.8, 4) is 5.75 Å². The molecule has 2 aliphatic rings. The van der Waals surface area contributed by atoms with Gasteiger partial charge in [-0.25, -0.2) is 0 Å². The number of carbonyl (C=O) groups excluding carboxylic acids is 2. The highest BCUT2D eigenvalue weighted by atomic mass is 35.5. The number of hydrogen-bond acceptors (Lipinski definition) is 5. The van der Waals surface area contributed by atoms with Gasteiger partial charge in [0.25, 0.3) is 5.91 Å². The second-order valence-corrected chi connectivity index (χ2v) is 7.22. The fraction of sp³-hybridized carbons (Fsp3) is 0.450. The number of hydrogen-bond donors (Lipinski definition) is 2. The van der Waals surface area contributed by atoms with E-state index in [1.165, 1.54) is 0 Å². The Morgan fingerprint density at radius 2 is 2.10 bits per heavy atom. The monoisotopic (exact) mass is 419 g/mol. The van der Waals surface area contributed by atoms with Gasteiger partial charge in [0.15, 0.2) is 0 Å². The topological polar surface area (TPSA) is 88.5 Å². The molecule has 2 aliphatic heterocycles. The molecule has 0 spiro atoms. The van der Waals surface area contributed by atoms with Crippen molar-refractivity contribution in [3.63, 3.8) is 0 Å². The summed E-state index contributed by atoms with van der Waals surface area (Å²) in [5, 5.41) is 10.7. The average molecular weight is 420 g/mol. The van der Waals surface area contributed by atoms with Crippen LogP contribution in [0.25, 0.3) is 0 Å². The molecule has 1 aromatic carbocycles. The van der Waals surface area contributed by atoms with Gasteiger partial charge in [0.05, 0.1) is 12.8 Å². The van der Waals surface area contributed by atoms with Gasteiger partial charge in [-0.05, 0) is 50.6 Å². The van der Waals surface area contributed by atoms with Crippen LogP contribution in [0.5, 0.6) is 5.75 Å². The van der Waals surface area contributed by atoms with Gasteiger partial charge in [-0.3, -0.25) is 14.3 Å². The van der Waals surface area contributed by atoms with Crippen LogP contribution in [-0.2, 0) is 15.1 Å². The number of anilines is 2. The summed E-state index contributed by atoms with van der Waals surface area (Å²) in [6.07, 6.45) is 6.27. The summed E-state index contributed by atoms with van der Waals surface area (Å²) in [6, 6.07) is 7.26. The minimum absolute atomic E-state index is 0. The number of amides is 2. The second kappa shape index (κ2) is 8.84. The summed E-state index contributed by atoms with van der Waals surface area (Å²) in [7, 11) is 1.57. The fourth-order valence-electron chi connectivity index (χ4n) is 4.05. The predicted molar refractivity (Wildman–Crippen MR) is 113 cm³/mol. The Bertz CT molecular complexity index is 865. The number of rotatable bonds is 5. The van der Waals surface area contributed by atoms with Crippen molar-refractivity contribution in [2.75, 3.05) is 37.0 Å². The van der Waals surface area contributed by atoms with Crippen LogP contribution < -0.4 is 20.3 Å². The quantitative estimate of drug-likeness (QED) is 0.775. The Morgan fingerprint density at radius 1 is 1.31 bits per heavy atom. The third-order valence-corrected chi connectivity index (χ3v) is 5.60. The lowest BCUT2D eigenvalue weighted by Gasteiger charge is -2.36. The van der Waals surface area contributed by atoms with Crippen molar-refractivity contribution in [2.24, 2.45) is 0 Å². The average Bonchev–Trinajstić information content (AvgIpc) is 3.40. The van der Waals surface area contributed by atoms with Crippen LogP contribution in [0.4, 0.5) is 11.4 Å². The molecule has 0 bridgehead atoms. The molecule has 0 atom stereocenters. The Kier molecular flexibility index (Phi) is 6.44. The van der Waals surface area contributed by atoms with Crippen molar-refractivity contribution in [1.29, 1.82) is 0 Å². The van der Waals surface area contributed by atoms with Crippen LogP contribution >= 0.6 is 12.4 Å². The van der Waals surface area contributed by atoms with Gasteiger partial charge in [0.1, 0.15) is 11.3 Å². The smallest absolute Gasteiger partial charge is 0.252 e. The SMILES string of the molecule is COc1cc(NC(=O)C2(n3cccn3)CCNCC2)ccc1N1CCCC1=O.Cl. The van der Waals surface area contributed by atoms with Gasteiger partial charge in [-0.1, -0.05) is 0 Å². The highest BCUT2D eigenvalue weighted by Crippen LogP contribution is 2.35. The number of nitrogens with one attached hydrogen (secondary N) is 2. The minimum atomic E-state index is -0.717. The number of nitrogens with zero attached hydrogens (tertiary/aromatic N) is 3. The molecule has 8 nitrogen and oxygen atoms in total. The molecular formula is C20H26ClN5O3. The maximum Gasteiger partial charge on any atom is 0.252 e. The first kappa shape index (κ1) is 21.1. The summed E-state index contributed by atoms with van der Waals surface area (Å²) in [5.41, 5.74) is 0.667. The standard InChI is InChI=1S/C20H25N5O3.ClH/c1-28-17-14-15(5-6-16(17)24-12-2-4-18(24)26)23-19(27)20(7-10-21-11-8-20)25-13-3-9-22-25;/h3,5-6,9,13-14,21H,2,4,7-8,10-12H2,1H3,(H,23,27);1H. The van der Waals surface area contributed by atoms with E-state index < -0.39 is 5.54 Å². The summed E-state index contributed by atoms with van der Waals surface area (Å²) < 4.78 is 7.26. The predicted octanol–water partition coefficient (Wildman–Crippen LogP) is 2.16. The number of aromatic nitrogens is 2. The van der Waals surface area contributed by atoms with E-state index in [1.807, 2.05) is 24.4 Å². The van der Waals surface area contributed by atoms with E-state index in [0.29, 0.717) is 37.2 Å². The van der Waals surface area contributed by atoms with E-state index >= 15 is 0 Å². The third kappa shape index (κ3) is 3.95. The van der Waals surface area contributed by atoms with Gasteiger partial charge < -0.3 is 20.3 Å². The Morgan fingerprint density at radius 3 is 2.72 bits per heavy atom. The number of methoxy groups -OCH3 is 1. The van der Waals surface area contributed by atoms with E-state index in [9.17, 15) is 9.59 Å². The maximum atomic E-state index is 13.3. The van der Waals surface area contributed by atoms with Crippen molar-refractivity contribution in [1.82, 2.24) is 15.1 Å². The summed E-state index contributed by atoms with van der Waals surface area (Å²) >= 11 is 0. The summed E-state index contributed by atoms with van der Waals surface area (Å²) in [6.45, 7) is 2.20. The van der Waals surface area contributed by atoms with E-state index in [0.717, 1.165) is 25.2 Å². The van der Waals surface area contributed by atoms with Crippen molar-refractivity contribution >= 4 is 35.6 Å². The summed E-state index contributed by atoms with van der Waals surface area (Å²) in [4.78, 5) is 27.1. The van der Waals surface area contributed by atoms with Gasteiger partial charge in [0, 0.05) is 37.1 Å². The molecule has 1 aromatic heterocycles. The van der Waals surface area contributed by atoms with Gasteiger partial charge in [-0.15, -0.1) is 12.4 Å². The molecular weight excluding hydrogens is 394 g/mol. The normalized spacial score (nSPS) is 18.2. The number of benzene rings is 1. The van der Waals surface area contributed by atoms with Crippen LogP contribution in [0.3, 0.4) is 0 Å². The van der Waals surface area contributed by atoms with Gasteiger partial charge in [-0.2, -0.15) is 5.10 Å². The number of halogens is 1. The van der Waals surface area contributed by atoms with Gasteiger partial charge in [0.2, 0.25) is 5.91 Å². The van der Waals surface area contributed by atoms with E-state index in [2.05, 4.69) is 15.7 Å². The van der Waals surface area contributed by atoms with Crippen LogP contribution in [0.15, 0.2) is 36.7 Å². The lowest BCUT2D eigenvalue weighted by Crippen LogP contribution is -2.52. The van der Waals surface area contributed by atoms with Crippen molar-refractivity contribution in [2.45, 2.75) is 31.2 Å². The van der Waals surface area contributed by atoms with E-state index in [4.69, 9.17) is 4.74 Å². The molecule has 2 N–H and O–H groups in total. The largest absolute Gasteiger partial charge is 0.494 e. The molecule has 156 valence electrons. The Balaban J connectivity index is 0.00000240. The number of carbonyl (C=O) groups is 2. The zero-order valence-corrected chi connectivity index (χ0v) is 17.2. The van der Waals surface area contributed by atoms with E-state index in [1.54, 1.807) is 29.0 Å². The first-order valence-corrected chi connectivity index (χ1v) is 9.65. The molecule has 0 unspecified atom stereocenters. The molecule has 2 fully saturated rings. The molecule has 29 heavy (non-hydrogen) atoms. The van der Waals surface area contributed by atoms with Crippen LogP contribution in [-0.4, -0.2) is 48.3 Å². The van der Waals surface area contributed by atoms with Crippen molar-refractivity contribution in [3.05, 3.63) is 36.7 Å². The van der Waals surface area contributed by atoms with Crippen molar-refractivity contribution < 1.29 is 14.3 Å². The van der Waals surface area contributed by atoms with Crippen LogP contribution in [0.2, 0.25) is 0 Å². The highest BCUT2D eigenvalue weighted by Gasteiger charge is 2.42. The first-order chi connectivity index (χ1) is 13.6. The van der Waals surface area contributed by atoms with Crippen LogP contribution in [0, 0.1) is 0 Å². The maximum absolute atomic E-state index is 13.3. The molecule has 9 heteroatoms. The fourth-order valence-corrected chi connectivity index (χ4v) is 4.05. The molecule has 2 amide bonds. The summed E-state index contributed by atoms with van der Waals surface area (Å²) in [5.74, 6) is 0.582. The lowest BCUT2D eigenvalue weighted by atomic mass is 9.87. The second-order valence-electron chi connectivity index (χ2n) is 7.22. The molecule has 4 rings (SSSR count). The van der Waals surface area contributed by atoms with Crippen LogP contribution in [0.1, 0.15) is 25.7 Å². The number of ether oxygens (including phenoxy) is 1. The highest BCUT2D eigenvalue weighted by molar-refractivity contribution is 5.99. The first-order valence-electron chi connectivity index (χ1n) is 9.65. The molecule has 3 heterocycles. The molecule has 2 saturated heterocycles. The number of piperidine rings is 1. The molecule has 0 radical (unpaired) electrons. The molecule has 0 saturated carbocycles. The lowest BCUT2D eigenvalue weighted by molar-refractivity contribution is -0.126. The van der Waals surface area contributed by atoms with E-state index in [-0.39, 0.29) is 24.2 Å². The minimum Gasteiger partial charge on any atom is -0.494 e. The zero-order chi connectivity index (χ0) is 19.6. The third-order valence-electron chi connectivity index (χ3n) is 5.60. The zero-order valence-electron chi connectivity index (χ0n) is 16.4. The van der Waals surface area contributed by atoms with Gasteiger partial charge >= 0.3 is 0 Å². The molecule has 0 aliphatic carbocycles. The Hall–Kier alpha value is -2.58. The molecule has 2 aromatic rings. The Labute approximate surface area is 176 Å².